The molecule has 1 aliphatic heterocycles. The maximum Gasteiger partial charge on any atom is 0.133 e. The molecule has 0 atom stereocenters. The lowest BCUT2D eigenvalue weighted by atomic mass is 10.1. The van der Waals surface area contributed by atoms with Gasteiger partial charge in [0.05, 0.1) is 5.69 Å². The number of nitrogens with one attached hydrogen (secondary N) is 1. The van der Waals surface area contributed by atoms with Crippen LogP contribution < -0.4 is 15.6 Å². The Balaban J connectivity index is 1.71. The van der Waals surface area contributed by atoms with Crippen LogP contribution >= 0.6 is 0 Å². The van der Waals surface area contributed by atoms with Crippen molar-refractivity contribution in [2.75, 3.05) is 31.7 Å². The number of halogens is 1. The van der Waals surface area contributed by atoms with Gasteiger partial charge in [-0.05, 0) is 42.5 Å². The van der Waals surface area contributed by atoms with E-state index >= 15 is 0 Å². The summed E-state index contributed by atoms with van der Waals surface area (Å²) in [6, 6.07) is 8.13. The summed E-state index contributed by atoms with van der Waals surface area (Å²) in [6.07, 6.45) is 3.92. The minimum atomic E-state index is -0.340. The Morgan fingerprint density at radius 2 is 2.08 bits per heavy atom. The zero-order chi connectivity index (χ0) is 16.9. The van der Waals surface area contributed by atoms with E-state index in [2.05, 4.69) is 46.9 Å². The smallest absolute Gasteiger partial charge is 0.133 e. The average Bonchev–Trinajstić information content (AvgIpc) is 2.92. The first-order valence-corrected chi connectivity index (χ1v) is 8.27. The molecular formula is C20H22FN3. The third kappa shape index (κ3) is 3.51. The molecule has 0 spiro atoms. The van der Waals surface area contributed by atoms with Gasteiger partial charge in [-0.2, -0.15) is 0 Å². The van der Waals surface area contributed by atoms with Gasteiger partial charge in [0.2, 0.25) is 0 Å². The highest BCUT2D eigenvalue weighted by molar-refractivity contribution is 5.47. The van der Waals surface area contributed by atoms with Crippen molar-refractivity contribution in [2.24, 2.45) is 4.99 Å². The zero-order valence-corrected chi connectivity index (χ0v) is 14.2. The summed E-state index contributed by atoms with van der Waals surface area (Å²) in [4.78, 5) is 9.71. The Bertz CT molecular complexity index is 882. The summed E-state index contributed by atoms with van der Waals surface area (Å²) in [5.41, 5.74) is 5.29. The van der Waals surface area contributed by atoms with Crippen LogP contribution in [0.15, 0.2) is 29.3 Å². The van der Waals surface area contributed by atoms with E-state index in [0.717, 1.165) is 35.4 Å². The van der Waals surface area contributed by atoms with Crippen molar-refractivity contribution in [3.63, 3.8) is 0 Å². The molecule has 0 unspecified atom stereocenters. The molecule has 0 aliphatic carbocycles. The first-order chi connectivity index (χ1) is 11.7. The second-order valence-electron chi connectivity index (χ2n) is 6.02. The predicted octanol–water partition coefficient (Wildman–Crippen LogP) is 2.13. The Morgan fingerprint density at radius 3 is 2.79 bits per heavy atom. The molecule has 2 heterocycles. The van der Waals surface area contributed by atoms with Crippen LogP contribution in [0.2, 0.25) is 0 Å². The molecular weight excluding hydrogens is 301 g/mol. The van der Waals surface area contributed by atoms with Crippen LogP contribution in [0.5, 0.6) is 0 Å². The Morgan fingerprint density at radius 1 is 1.29 bits per heavy atom. The molecule has 3 rings (SSSR count). The van der Waals surface area contributed by atoms with Gasteiger partial charge < -0.3 is 9.88 Å². The maximum atomic E-state index is 12.4. The molecule has 0 saturated heterocycles. The van der Waals surface area contributed by atoms with Gasteiger partial charge in [-0.25, -0.2) is 4.39 Å². The molecule has 0 fully saturated rings. The minimum absolute atomic E-state index is 0.340. The lowest BCUT2D eigenvalue weighted by molar-refractivity contribution is 0.497. The van der Waals surface area contributed by atoms with Crippen LogP contribution in [-0.4, -0.2) is 31.8 Å². The van der Waals surface area contributed by atoms with E-state index in [-0.39, 0.29) is 6.67 Å². The fraction of sp³-hybridized carbons (Fsp3) is 0.350. The van der Waals surface area contributed by atoms with Gasteiger partial charge in [0.1, 0.15) is 12.2 Å². The lowest BCUT2D eigenvalue weighted by Crippen LogP contribution is -2.27. The number of H-pyrrole nitrogens is 1. The van der Waals surface area contributed by atoms with Crippen LogP contribution in [0, 0.1) is 18.8 Å². The molecule has 1 N–H and O–H groups in total. The van der Waals surface area contributed by atoms with Crippen LogP contribution in [0.25, 0.3) is 6.08 Å². The van der Waals surface area contributed by atoms with E-state index in [9.17, 15) is 4.39 Å². The second-order valence-corrected chi connectivity index (χ2v) is 6.02. The van der Waals surface area contributed by atoms with Gasteiger partial charge in [0.15, 0.2) is 0 Å². The van der Waals surface area contributed by atoms with Crippen molar-refractivity contribution in [3.05, 3.63) is 51.8 Å². The Kier molecular flexibility index (Phi) is 5.00. The first kappa shape index (κ1) is 16.3. The van der Waals surface area contributed by atoms with Gasteiger partial charge in [0.25, 0.3) is 0 Å². The van der Waals surface area contributed by atoms with Crippen LogP contribution in [0.1, 0.15) is 23.2 Å². The van der Waals surface area contributed by atoms with Gasteiger partial charge >= 0.3 is 0 Å². The highest BCUT2D eigenvalue weighted by atomic mass is 19.1. The van der Waals surface area contributed by atoms with Gasteiger partial charge in [0, 0.05) is 37.5 Å². The van der Waals surface area contributed by atoms with Gasteiger partial charge in [-0.15, -0.1) is 0 Å². The van der Waals surface area contributed by atoms with E-state index < -0.39 is 0 Å². The molecule has 0 saturated carbocycles. The molecule has 24 heavy (non-hydrogen) atoms. The quantitative estimate of drug-likeness (QED) is 0.859. The normalized spacial score (nSPS) is 12.5. The van der Waals surface area contributed by atoms with Crippen molar-refractivity contribution < 1.29 is 4.39 Å². The Labute approximate surface area is 141 Å². The largest absolute Gasteiger partial charge is 0.372 e. The molecule has 0 radical (unpaired) electrons. The van der Waals surface area contributed by atoms with Crippen molar-refractivity contribution in [2.45, 2.75) is 19.8 Å². The number of fused-ring (bicyclic) bond motifs is 1. The molecule has 1 aliphatic rings. The predicted molar refractivity (Wildman–Crippen MR) is 96.5 cm³/mol. The number of aromatic amines is 1. The van der Waals surface area contributed by atoms with Crippen molar-refractivity contribution in [1.82, 2.24) is 4.98 Å². The summed E-state index contributed by atoms with van der Waals surface area (Å²) in [5.74, 6) is 6.46. The van der Waals surface area contributed by atoms with Crippen molar-refractivity contribution >= 4 is 11.8 Å². The fourth-order valence-corrected chi connectivity index (χ4v) is 2.84. The zero-order valence-electron chi connectivity index (χ0n) is 14.2. The molecule has 4 heteroatoms. The number of benzene rings is 1. The summed E-state index contributed by atoms with van der Waals surface area (Å²) < 4.78 is 12.4. The molecule has 1 aromatic carbocycles. The average molecular weight is 323 g/mol. The minimum Gasteiger partial charge on any atom is -0.372 e. The number of aromatic nitrogens is 1. The third-order valence-electron chi connectivity index (χ3n) is 4.33. The molecule has 3 nitrogen and oxygen atoms in total. The highest BCUT2D eigenvalue weighted by Crippen LogP contribution is 2.13. The molecule has 124 valence electrons. The molecule has 2 aromatic rings. The molecule has 0 bridgehead atoms. The topological polar surface area (TPSA) is 31.4 Å². The van der Waals surface area contributed by atoms with Crippen molar-refractivity contribution in [1.29, 1.82) is 0 Å². The maximum absolute atomic E-state index is 12.4. The first-order valence-electron chi connectivity index (χ1n) is 8.27. The van der Waals surface area contributed by atoms with Crippen LogP contribution in [-0.2, 0) is 6.42 Å². The summed E-state index contributed by atoms with van der Waals surface area (Å²) >= 11 is 0. The number of nitrogens with zero attached hydrogens (tertiary/aromatic N) is 2. The second kappa shape index (κ2) is 7.35. The van der Waals surface area contributed by atoms with Crippen LogP contribution in [0.3, 0.4) is 0 Å². The summed E-state index contributed by atoms with van der Waals surface area (Å²) in [5, 5.41) is 1.20. The van der Waals surface area contributed by atoms with Crippen molar-refractivity contribution in [3.8, 4) is 11.8 Å². The van der Waals surface area contributed by atoms with E-state index in [1.54, 1.807) is 0 Å². The number of alkyl halides is 1. The third-order valence-corrected chi connectivity index (χ3v) is 4.33. The number of hydrogen-bond donors (Lipinski definition) is 1. The molecule has 0 amide bonds. The number of rotatable bonds is 4. The van der Waals surface area contributed by atoms with E-state index in [0.29, 0.717) is 13.0 Å². The van der Waals surface area contributed by atoms with Gasteiger partial charge in [-0.1, -0.05) is 24.1 Å². The fourth-order valence-electron chi connectivity index (χ4n) is 2.84. The summed E-state index contributed by atoms with van der Waals surface area (Å²) in [7, 11) is 1.90. The van der Waals surface area contributed by atoms with E-state index in [1.807, 2.05) is 24.1 Å². The number of hydrogen-bond acceptors (Lipinski definition) is 2. The number of anilines is 1. The lowest BCUT2D eigenvalue weighted by Gasteiger charge is -2.17. The van der Waals surface area contributed by atoms with Crippen LogP contribution in [0.4, 0.5) is 10.1 Å². The van der Waals surface area contributed by atoms with E-state index in [4.69, 9.17) is 0 Å². The van der Waals surface area contributed by atoms with E-state index in [1.165, 1.54) is 10.8 Å². The Hall–Kier alpha value is -2.54. The monoisotopic (exact) mass is 323 g/mol. The molecule has 1 aromatic heterocycles. The standard InChI is InChI=1S/C20H22FN3/c1-15-18-6-4-13-22-20(18)23-19(15)7-3-5-16-8-10-17(11-9-16)24(2)14-12-21/h6,8-11H,4-5,12-14H2,1-2H3,(H,22,23). The SMILES string of the molecule is Cc1c(C#CCc2ccc(N(C)CCF)cc2)[nH]c2c1=CCCN=2. The summed E-state index contributed by atoms with van der Waals surface area (Å²) in [6.45, 7) is 3.01. The van der Waals surface area contributed by atoms with Gasteiger partial charge in [-0.3, -0.25) is 4.99 Å². The highest BCUT2D eigenvalue weighted by Gasteiger charge is 2.05.